The minimum Gasteiger partial charge on any atom is -0.478 e. The number of halogens is 3. The highest BCUT2D eigenvalue weighted by Crippen LogP contribution is 2.18. The highest BCUT2D eigenvalue weighted by molar-refractivity contribution is 5.87. The molecule has 0 saturated carbocycles. The number of amides is 1. The molecule has 98 valence electrons. The summed E-state index contributed by atoms with van der Waals surface area (Å²) >= 11 is 0. The fourth-order valence-electron chi connectivity index (χ4n) is 1.28. The van der Waals surface area contributed by atoms with E-state index in [0.717, 1.165) is 0 Å². The van der Waals surface area contributed by atoms with E-state index in [-0.39, 0.29) is 5.56 Å². The second-order valence-corrected chi connectivity index (χ2v) is 3.62. The minimum atomic E-state index is -4.94. The Morgan fingerprint density at radius 2 is 1.72 bits per heavy atom. The van der Waals surface area contributed by atoms with Crippen LogP contribution in [0.5, 0.6) is 0 Å². The van der Waals surface area contributed by atoms with Crippen molar-refractivity contribution in [2.45, 2.75) is 19.1 Å². The Hall–Kier alpha value is -2.05. The first-order valence-electron chi connectivity index (χ1n) is 4.92. The van der Waals surface area contributed by atoms with Crippen molar-refractivity contribution in [1.29, 1.82) is 0 Å². The Balaban J connectivity index is 2.76. The number of carboxylic acids is 1. The summed E-state index contributed by atoms with van der Waals surface area (Å²) in [7, 11) is 0. The summed E-state index contributed by atoms with van der Waals surface area (Å²) in [5.41, 5.74) is 0.408. The van der Waals surface area contributed by atoms with Crippen LogP contribution in [0, 0.1) is 0 Å². The molecule has 0 heterocycles. The molecule has 1 aromatic carbocycles. The Labute approximate surface area is 100 Å². The van der Waals surface area contributed by atoms with Crippen LogP contribution >= 0.6 is 0 Å². The molecular weight excluding hydrogens is 251 g/mol. The maximum absolute atomic E-state index is 12.0. The topological polar surface area (TPSA) is 66.4 Å². The second-order valence-electron chi connectivity index (χ2n) is 3.62. The normalized spacial score (nSPS) is 12.9. The molecule has 0 fully saturated rings. The first kappa shape index (κ1) is 14.0. The minimum absolute atomic E-state index is 0.0214. The van der Waals surface area contributed by atoms with E-state index in [1.165, 1.54) is 31.2 Å². The molecule has 1 rings (SSSR count). The Kier molecular flexibility index (Phi) is 3.95. The lowest BCUT2D eigenvalue weighted by Crippen LogP contribution is -2.38. The van der Waals surface area contributed by atoms with Crippen molar-refractivity contribution in [3.05, 3.63) is 35.4 Å². The highest BCUT2D eigenvalue weighted by atomic mass is 19.4. The number of hydrogen-bond acceptors (Lipinski definition) is 2. The molecule has 0 bridgehead atoms. The van der Waals surface area contributed by atoms with Gasteiger partial charge in [0.05, 0.1) is 11.6 Å². The van der Waals surface area contributed by atoms with Crippen molar-refractivity contribution >= 4 is 11.9 Å². The predicted molar refractivity (Wildman–Crippen MR) is 56.0 cm³/mol. The number of carbonyl (C=O) groups is 2. The molecule has 0 aliphatic rings. The predicted octanol–water partition coefficient (Wildman–Crippen LogP) is 2.12. The van der Waals surface area contributed by atoms with Gasteiger partial charge in [-0.15, -0.1) is 0 Å². The van der Waals surface area contributed by atoms with Gasteiger partial charge in [0.2, 0.25) is 0 Å². The highest BCUT2D eigenvalue weighted by Gasteiger charge is 2.39. The van der Waals surface area contributed by atoms with Gasteiger partial charge in [-0.1, -0.05) is 12.1 Å². The van der Waals surface area contributed by atoms with Gasteiger partial charge in [0.25, 0.3) is 0 Å². The number of alkyl halides is 3. The number of nitrogens with one attached hydrogen (secondary N) is 1. The van der Waals surface area contributed by atoms with Crippen LogP contribution in [0.2, 0.25) is 0 Å². The average molecular weight is 261 g/mol. The summed E-state index contributed by atoms with van der Waals surface area (Å²) in [5, 5.41) is 10.4. The maximum atomic E-state index is 12.0. The third-order valence-corrected chi connectivity index (χ3v) is 2.26. The summed E-state index contributed by atoms with van der Waals surface area (Å²) in [6.45, 7) is 1.37. The molecule has 0 aliphatic heterocycles. The first-order chi connectivity index (χ1) is 8.21. The molecule has 1 amide bonds. The molecule has 7 heteroatoms. The lowest BCUT2D eigenvalue weighted by Gasteiger charge is -2.15. The number of carboxylic acid groups (broad SMARTS) is 1. The maximum Gasteiger partial charge on any atom is 0.471 e. The monoisotopic (exact) mass is 261 g/mol. The van der Waals surface area contributed by atoms with Gasteiger partial charge in [-0.05, 0) is 24.6 Å². The number of aromatic carboxylic acids is 1. The van der Waals surface area contributed by atoms with Crippen LogP contribution < -0.4 is 5.32 Å². The largest absolute Gasteiger partial charge is 0.478 e. The fourth-order valence-corrected chi connectivity index (χ4v) is 1.28. The Morgan fingerprint density at radius 3 is 2.11 bits per heavy atom. The number of benzene rings is 1. The third-order valence-electron chi connectivity index (χ3n) is 2.26. The van der Waals surface area contributed by atoms with Crippen molar-refractivity contribution in [3.8, 4) is 0 Å². The van der Waals surface area contributed by atoms with Crippen LogP contribution in [0.15, 0.2) is 24.3 Å². The molecule has 0 aliphatic carbocycles. The van der Waals surface area contributed by atoms with E-state index in [9.17, 15) is 22.8 Å². The number of carbonyl (C=O) groups excluding carboxylic acids is 1. The lowest BCUT2D eigenvalue weighted by atomic mass is 10.1. The summed E-state index contributed by atoms with van der Waals surface area (Å²) in [5.74, 6) is -3.16. The smallest absolute Gasteiger partial charge is 0.471 e. The van der Waals surface area contributed by atoms with Gasteiger partial charge in [-0.3, -0.25) is 4.79 Å². The Bertz CT molecular complexity index is 454. The third kappa shape index (κ3) is 3.47. The zero-order valence-corrected chi connectivity index (χ0v) is 9.28. The van der Waals surface area contributed by atoms with Crippen LogP contribution in [0.3, 0.4) is 0 Å². The molecule has 0 unspecified atom stereocenters. The molecule has 0 spiro atoms. The standard InChI is InChI=1S/C11H10F3NO3/c1-6(15-10(18)11(12,13)14)7-2-4-8(5-3-7)9(16)17/h2-6H,1H3,(H,15,18)(H,16,17)/t6-/m1/s1. The van der Waals surface area contributed by atoms with Crippen LogP contribution in [-0.2, 0) is 4.79 Å². The number of rotatable bonds is 3. The van der Waals surface area contributed by atoms with E-state index in [1.807, 2.05) is 0 Å². The fraction of sp³-hybridized carbons (Fsp3) is 0.273. The zero-order valence-electron chi connectivity index (χ0n) is 9.28. The van der Waals surface area contributed by atoms with Crippen LogP contribution in [-0.4, -0.2) is 23.2 Å². The summed E-state index contributed by atoms with van der Waals surface area (Å²) in [4.78, 5) is 21.3. The van der Waals surface area contributed by atoms with Crippen LogP contribution in [0.1, 0.15) is 28.9 Å². The molecule has 2 N–H and O–H groups in total. The Morgan fingerprint density at radius 1 is 1.22 bits per heavy atom. The number of hydrogen-bond donors (Lipinski definition) is 2. The van der Waals surface area contributed by atoms with E-state index in [4.69, 9.17) is 5.11 Å². The van der Waals surface area contributed by atoms with Crippen molar-refractivity contribution in [2.24, 2.45) is 0 Å². The lowest BCUT2D eigenvalue weighted by molar-refractivity contribution is -0.174. The van der Waals surface area contributed by atoms with Crippen LogP contribution in [0.4, 0.5) is 13.2 Å². The van der Waals surface area contributed by atoms with E-state index in [0.29, 0.717) is 5.56 Å². The molecule has 1 atom stereocenters. The van der Waals surface area contributed by atoms with Gasteiger partial charge in [-0.2, -0.15) is 13.2 Å². The zero-order chi connectivity index (χ0) is 13.9. The first-order valence-corrected chi connectivity index (χ1v) is 4.92. The van der Waals surface area contributed by atoms with Crippen molar-refractivity contribution in [1.82, 2.24) is 5.32 Å². The van der Waals surface area contributed by atoms with Gasteiger partial charge in [0.15, 0.2) is 0 Å². The molecule has 0 radical (unpaired) electrons. The van der Waals surface area contributed by atoms with E-state index in [2.05, 4.69) is 0 Å². The summed E-state index contributed by atoms with van der Waals surface area (Å²) in [6, 6.07) is 4.36. The van der Waals surface area contributed by atoms with Gasteiger partial charge >= 0.3 is 18.1 Å². The van der Waals surface area contributed by atoms with Crippen LogP contribution in [0.25, 0.3) is 0 Å². The van der Waals surface area contributed by atoms with E-state index < -0.39 is 24.1 Å². The van der Waals surface area contributed by atoms with Crippen molar-refractivity contribution < 1.29 is 27.9 Å². The summed E-state index contributed by atoms with van der Waals surface area (Å²) < 4.78 is 36.0. The molecular formula is C11H10F3NO3. The van der Waals surface area contributed by atoms with Gasteiger partial charge < -0.3 is 10.4 Å². The van der Waals surface area contributed by atoms with Gasteiger partial charge in [0, 0.05) is 0 Å². The van der Waals surface area contributed by atoms with E-state index in [1.54, 1.807) is 5.32 Å². The van der Waals surface area contributed by atoms with Crippen molar-refractivity contribution in [2.75, 3.05) is 0 Å². The molecule has 1 aromatic rings. The average Bonchev–Trinajstić information content (AvgIpc) is 2.27. The van der Waals surface area contributed by atoms with Crippen molar-refractivity contribution in [3.63, 3.8) is 0 Å². The molecule has 18 heavy (non-hydrogen) atoms. The second kappa shape index (κ2) is 5.07. The van der Waals surface area contributed by atoms with E-state index >= 15 is 0 Å². The SMILES string of the molecule is C[C@@H](NC(=O)C(F)(F)F)c1ccc(C(=O)O)cc1. The molecule has 0 aromatic heterocycles. The summed E-state index contributed by atoms with van der Waals surface area (Å²) in [6.07, 6.45) is -4.94. The molecule has 0 saturated heterocycles. The van der Waals surface area contributed by atoms with Gasteiger partial charge in [0.1, 0.15) is 0 Å². The molecule has 4 nitrogen and oxygen atoms in total. The quantitative estimate of drug-likeness (QED) is 0.875. The van der Waals surface area contributed by atoms with Gasteiger partial charge in [-0.25, -0.2) is 4.79 Å².